The van der Waals surface area contributed by atoms with Crippen molar-refractivity contribution in [2.75, 3.05) is 0 Å². The van der Waals surface area contributed by atoms with Crippen LogP contribution < -0.4 is 20.9 Å². The van der Waals surface area contributed by atoms with Gasteiger partial charge in [0.05, 0.1) is 5.54 Å². The summed E-state index contributed by atoms with van der Waals surface area (Å²) in [6, 6.07) is 23.2. The van der Waals surface area contributed by atoms with Gasteiger partial charge in [0.2, 0.25) is 11.8 Å². The molecule has 5 heteroatoms. The van der Waals surface area contributed by atoms with Gasteiger partial charge < -0.3 is 20.9 Å². The van der Waals surface area contributed by atoms with E-state index in [0.717, 1.165) is 16.7 Å². The number of hydrogen-bond acceptors (Lipinski definition) is 5. The number of pyridine rings is 1. The normalized spacial score (nSPS) is 20.1. The fourth-order valence-electron chi connectivity index (χ4n) is 3.34. The van der Waals surface area contributed by atoms with Crippen LogP contribution >= 0.6 is 0 Å². The van der Waals surface area contributed by atoms with Gasteiger partial charge in [-0.25, -0.2) is 0 Å². The highest BCUT2D eigenvalue weighted by Gasteiger charge is 2.35. The Morgan fingerprint density at radius 2 is 1.43 bits per heavy atom. The van der Waals surface area contributed by atoms with Gasteiger partial charge in [-0.15, -0.1) is 0 Å². The number of nitrogens with two attached hydrogens (primary N) is 2. The second kappa shape index (κ2) is 8.95. The van der Waals surface area contributed by atoms with Crippen molar-refractivity contribution in [3.05, 3.63) is 114 Å². The van der Waals surface area contributed by atoms with Crippen molar-refractivity contribution in [2.45, 2.75) is 24.8 Å². The number of nitrogens with zero attached hydrogens (tertiary/aromatic N) is 1. The summed E-state index contributed by atoms with van der Waals surface area (Å²) in [5, 5.41) is 0. The molecule has 5 nitrogen and oxygen atoms in total. The van der Waals surface area contributed by atoms with Crippen LogP contribution in [0.3, 0.4) is 0 Å². The molecule has 0 amide bonds. The van der Waals surface area contributed by atoms with Gasteiger partial charge in [-0.2, -0.15) is 4.98 Å². The standard InChI is InChI=1S/C25H25N3O2/c26-22-13-7-8-16-25(22,27)21-14-15-23(29-17-19-9-3-1-4-10-19)28-24(21)30-18-20-11-5-2-6-12-20/h1-16,22H,17-18,26-27H2. The highest BCUT2D eigenvalue weighted by molar-refractivity contribution is 5.45. The molecule has 0 aliphatic heterocycles. The SMILES string of the molecule is NC1C=CC=CC1(N)c1ccc(OCc2ccccc2)nc1OCc1ccccc1. The predicted molar refractivity (Wildman–Crippen MR) is 118 cm³/mol. The molecule has 1 aliphatic carbocycles. The molecule has 2 unspecified atom stereocenters. The molecule has 0 saturated heterocycles. The lowest BCUT2D eigenvalue weighted by Crippen LogP contribution is -2.51. The molecule has 4 N–H and O–H groups in total. The van der Waals surface area contributed by atoms with Crippen molar-refractivity contribution in [3.8, 4) is 11.8 Å². The molecule has 2 aromatic carbocycles. The third-order valence-corrected chi connectivity index (χ3v) is 5.10. The van der Waals surface area contributed by atoms with Crippen molar-refractivity contribution in [1.29, 1.82) is 0 Å². The molecule has 0 spiro atoms. The van der Waals surface area contributed by atoms with Crippen molar-refractivity contribution >= 4 is 0 Å². The summed E-state index contributed by atoms with van der Waals surface area (Å²) >= 11 is 0. The number of ether oxygens (including phenoxy) is 2. The first-order chi connectivity index (χ1) is 14.6. The zero-order valence-electron chi connectivity index (χ0n) is 16.6. The van der Waals surface area contributed by atoms with Gasteiger partial charge in [-0.1, -0.05) is 85.0 Å². The third kappa shape index (κ3) is 4.43. The summed E-state index contributed by atoms with van der Waals surface area (Å²) in [7, 11) is 0. The van der Waals surface area contributed by atoms with E-state index in [4.69, 9.17) is 20.9 Å². The number of benzene rings is 2. The van der Waals surface area contributed by atoms with E-state index < -0.39 is 5.54 Å². The zero-order valence-corrected chi connectivity index (χ0v) is 16.6. The summed E-state index contributed by atoms with van der Waals surface area (Å²) in [6.07, 6.45) is 7.55. The first-order valence-corrected chi connectivity index (χ1v) is 9.90. The van der Waals surface area contributed by atoms with E-state index in [1.165, 1.54) is 0 Å². The maximum absolute atomic E-state index is 6.68. The van der Waals surface area contributed by atoms with E-state index in [9.17, 15) is 0 Å². The van der Waals surface area contributed by atoms with Gasteiger partial charge in [0.1, 0.15) is 13.2 Å². The van der Waals surface area contributed by atoms with Gasteiger partial charge in [-0.3, -0.25) is 0 Å². The van der Waals surface area contributed by atoms with Crippen LogP contribution in [0.4, 0.5) is 0 Å². The number of hydrogen-bond donors (Lipinski definition) is 2. The summed E-state index contributed by atoms with van der Waals surface area (Å²) in [6.45, 7) is 0.787. The molecule has 0 fully saturated rings. The minimum absolute atomic E-state index is 0.369. The lowest BCUT2D eigenvalue weighted by molar-refractivity contribution is 0.260. The Kier molecular flexibility index (Phi) is 5.93. The molecule has 1 heterocycles. The van der Waals surface area contributed by atoms with Crippen LogP contribution in [0.5, 0.6) is 11.8 Å². The summed E-state index contributed by atoms with van der Waals surface area (Å²) < 4.78 is 12.0. The van der Waals surface area contributed by atoms with E-state index in [-0.39, 0.29) is 6.04 Å². The number of rotatable bonds is 7. The zero-order chi connectivity index (χ0) is 20.8. The molecule has 30 heavy (non-hydrogen) atoms. The van der Waals surface area contributed by atoms with Gasteiger partial charge in [0.25, 0.3) is 0 Å². The quantitative estimate of drug-likeness (QED) is 0.631. The summed E-state index contributed by atoms with van der Waals surface area (Å²) in [4.78, 5) is 4.62. The average molecular weight is 399 g/mol. The maximum Gasteiger partial charge on any atom is 0.222 e. The fraction of sp³-hybridized carbons (Fsp3) is 0.160. The van der Waals surface area contributed by atoms with Crippen LogP contribution in [0.25, 0.3) is 0 Å². The van der Waals surface area contributed by atoms with E-state index in [1.807, 2.05) is 91.0 Å². The summed E-state index contributed by atoms with van der Waals surface area (Å²) in [5.74, 6) is 0.889. The van der Waals surface area contributed by atoms with Crippen molar-refractivity contribution in [3.63, 3.8) is 0 Å². The minimum Gasteiger partial charge on any atom is -0.473 e. The van der Waals surface area contributed by atoms with Crippen molar-refractivity contribution in [2.24, 2.45) is 11.5 Å². The second-order valence-corrected chi connectivity index (χ2v) is 7.25. The lowest BCUT2D eigenvalue weighted by atomic mass is 9.81. The lowest BCUT2D eigenvalue weighted by Gasteiger charge is -2.33. The van der Waals surface area contributed by atoms with Crippen LogP contribution in [0.1, 0.15) is 16.7 Å². The highest BCUT2D eigenvalue weighted by Crippen LogP contribution is 2.34. The first-order valence-electron chi connectivity index (χ1n) is 9.90. The van der Waals surface area contributed by atoms with Crippen LogP contribution in [-0.2, 0) is 18.8 Å². The van der Waals surface area contributed by atoms with E-state index in [0.29, 0.717) is 25.0 Å². The van der Waals surface area contributed by atoms with Crippen LogP contribution in [0.15, 0.2) is 97.1 Å². The fourth-order valence-corrected chi connectivity index (χ4v) is 3.34. The molecular formula is C25H25N3O2. The molecule has 2 atom stereocenters. The molecule has 1 aliphatic rings. The average Bonchev–Trinajstić information content (AvgIpc) is 2.80. The van der Waals surface area contributed by atoms with Gasteiger partial charge >= 0.3 is 0 Å². The predicted octanol–water partition coefficient (Wildman–Crippen LogP) is 3.85. The van der Waals surface area contributed by atoms with Crippen LogP contribution in [0, 0.1) is 0 Å². The van der Waals surface area contributed by atoms with E-state index in [2.05, 4.69) is 4.98 Å². The van der Waals surface area contributed by atoms with E-state index in [1.54, 1.807) is 6.07 Å². The molecule has 0 radical (unpaired) electrons. The minimum atomic E-state index is -0.911. The Hall–Kier alpha value is -3.41. The molecule has 0 bridgehead atoms. The largest absolute Gasteiger partial charge is 0.473 e. The van der Waals surface area contributed by atoms with Crippen molar-refractivity contribution in [1.82, 2.24) is 4.98 Å². The highest BCUT2D eigenvalue weighted by atomic mass is 16.5. The molecular weight excluding hydrogens is 374 g/mol. The van der Waals surface area contributed by atoms with Crippen molar-refractivity contribution < 1.29 is 9.47 Å². The Labute approximate surface area is 176 Å². The Morgan fingerprint density at radius 1 is 0.800 bits per heavy atom. The van der Waals surface area contributed by atoms with Gasteiger partial charge in [0, 0.05) is 17.7 Å². The Morgan fingerprint density at radius 3 is 2.07 bits per heavy atom. The van der Waals surface area contributed by atoms with Crippen LogP contribution in [-0.4, -0.2) is 11.0 Å². The van der Waals surface area contributed by atoms with Gasteiger partial charge in [0.15, 0.2) is 0 Å². The Balaban J connectivity index is 1.61. The van der Waals surface area contributed by atoms with E-state index >= 15 is 0 Å². The summed E-state index contributed by atoms with van der Waals surface area (Å²) in [5.41, 5.74) is 14.9. The smallest absolute Gasteiger partial charge is 0.222 e. The third-order valence-electron chi connectivity index (χ3n) is 5.10. The monoisotopic (exact) mass is 399 g/mol. The Bertz CT molecular complexity index is 1030. The van der Waals surface area contributed by atoms with Gasteiger partial charge in [-0.05, 0) is 17.2 Å². The van der Waals surface area contributed by atoms with Crippen LogP contribution in [0.2, 0.25) is 0 Å². The first kappa shape index (κ1) is 19.9. The molecule has 152 valence electrons. The molecule has 3 aromatic rings. The molecule has 1 aromatic heterocycles. The second-order valence-electron chi connectivity index (χ2n) is 7.25. The molecule has 0 saturated carbocycles. The number of allylic oxidation sites excluding steroid dienone is 2. The topological polar surface area (TPSA) is 83.4 Å². The maximum atomic E-state index is 6.68. The molecule has 4 rings (SSSR count). The number of aromatic nitrogens is 1.